The quantitative estimate of drug-likeness (QED) is 0.631. The van der Waals surface area contributed by atoms with Crippen molar-refractivity contribution in [2.75, 3.05) is 6.61 Å². The van der Waals surface area contributed by atoms with E-state index >= 15 is 0 Å². The molecule has 3 atom stereocenters. The van der Waals surface area contributed by atoms with E-state index in [4.69, 9.17) is 21.4 Å². The van der Waals surface area contributed by atoms with Crippen LogP contribution in [-0.4, -0.2) is 38.3 Å². The minimum atomic E-state index is -4.66. The third-order valence-electron chi connectivity index (χ3n) is 2.81. The van der Waals surface area contributed by atoms with E-state index in [9.17, 15) is 22.8 Å². The Morgan fingerprint density at radius 2 is 2.19 bits per heavy atom. The number of aromatic amines is 1. The minimum Gasteiger partial charge on any atom is -0.394 e. The van der Waals surface area contributed by atoms with Gasteiger partial charge in [-0.2, -0.15) is 13.2 Å². The van der Waals surface area contributed by atoms with Crippen molar-refractivity contribution in [3.8, 4) is 0 Å². The van der Waals surface area contributed by atoms with Gasteiger partial charge in [-0.15, -0.1) is 11.6 Å². The number of nitrogens with zero attached hydrogens (tertiary/aromatic N) is 1. The Morgan fingerprint density at radius 1 is 1.52 bits per heavy atom. The minimum absolute atomic E-state index is 0.120. The number of H-pyrrole nitrogens is 1. The van der Waals surface area contributed by atoms with Crippen LogP contribution in [0.2, 0.25) is 0 Å². The van der Waals surface area contributed by atoms with Crippen LogP contribution in [-0.2, 0) is 4.74 Å². The molecule has 1 aromatic rings. The Bertz CT molecular complexity index is 632. The number of nitrogens with one attached hydrogen (secondary N) is 1. The molecule has 11 heteroatoms. The molecule has 0 aliphatic carbocycles. The lowest BCUT2D eigenvalue weighted by Crippen LogP contribution is -2.33. The first-order valence-corrected chi connectivity index (χ1v) is 6.98. The van der Waals surface area contributed by atoms with E-state index in [1.165, 1.54) is 0 Å². The Hall–Kier alpha value is -0.970. The summed E-state index contributed by atoms with van der Waals surface area (Å²) in [6, 6.07) is 0. The molecular formula is C10H10ClF3N2O4S. The summed E-state index contributed by atoms with van der Waals surface area (Å²) in [5.41, 5.74) is -6.69. The van der Waals surface area contributed by atoms with Crippen molar-refractivity contribution in [1.82, 2.24) is 9.55 Å². The van der Waals surface area contributed by atoms with Gasteiger partial charge in [0.05, 0.1) is 23.0 Å². The number of thioether (sulfide) groups is 1. The van der Waals surface area contributed by atoms with Gasteiger partial charge in [-0.05, 0) is 11.8 Å². The van der Waals surface area contributed by atoms with Crippen LogP contribution < -0.4 is 11.2 Å². The van der Waals surface area contributed by atoms with Gasteiger partial charge in [0.25, 0.3) is 5.56 Å². The number of alkyl halides is 4. The molecule has 1 aromatic heterocycles. The normalized spacial score (nSPS) is 26.2. The number of aromatic nitrogens is 2. The zero-order chi connectivity index (χ0) is 15.8. The molecule has 1 saturated heterocycles. The van der Waals surface area contributed by atoms with E-state index in [0.29, 0.717) is 0 Å². The maximum absolute atomic E-state index is 12.3. The summed E-state index contributed by atoms with van der Waals surface area (Å²) in [7, 11) is 0. The van der Waals surface area contributed by atoms with Crippen molar-refractivity contribution in [2.24, 2.45) is 0 Å². The average Bonchev–Trinajstić information content (AvgIpc) is 2.72. The summed E-state index contributed by atoms with van der Waals surface area (Å²) in [5, 5.41) is 8.43. The number of rotatable bonds is 3. The second-order valence-electron chi connectivity index (χ2n) is 4.27. The van der Waals surface area contributed by atoms with Crippen molar-refractivity contribution in [1.29, 1.82) is 0 Å². The first-order valence-electron chi connectivity index (χ1n) is 5.73. The number of aliphatic hydroxyl groups is 1. The highest BCUT2D eigenvalue weighted by Gasteiger charge is 2.36. The van der Waals surface area contributed by atoms with Crippen LogP contribution in [0.3, 0.4) is 0 Å². The predicted molar refractivity (Wildman–Crippen MR) is 68.5 cm³/mol. The first kappa shape index (κ1) is 16.4. The number of hydrogen-bond donors (Lipinski definition) is 2. The Kier molecular flexibility index (Phi) is 4.71. The monoisotopic (exact) mass is 346 g/mol. The maximum Gasteiger partial charge on any atom is 0.446 e. The Balaban J connectivity index is 2.35. The number of aliphatic hydroxyl groups excluding tert-OH is 1. The fraction of sp³-hybridized carbons (Fsp3) is 0.600. The van der Waals surface area contributed by atoms with Gasteiger partial charge in [0.1, 0.15) is 6.23 Å². The van der Waals surface area contributed by atoms with Crippen molar-refractivity contribution in [3.63, 3.8) is 0 Å². The zero-order valence-electron chi connectivity index (χ0n) is 10.3. The van der Waals surface area contributed by atoms with Gasteiger partial charge in [0.15, 0.2) is 0 Å². The number of hydrogen-bond acceptors (Lipinski definition) is 5. The fourth-order valence-electron chi connectivity index (χ4n) is 1.90. The average molecular weight is 347 g/mol. The van der Waals surface area contributed by atoms with Crippen LogP contribution in [0.25, 0.3) is 0 Å². The van der Waals surface area contributed by atoms with Gasteiger partial charge >= 0.3 is 11.2 Å². The van der Waals surface area contributed by atoms with Gasteiger partial charge in [0, 0.05) is 12.6 Å². The lowest BCUT2D eigenvalue weighted by molar-refractivity contribution is -0.0333. The van der Waals surface area contributed by atoms with Crippen LogP contribution in [0.5, 0.6) is 0 Å². The van der Waals surface area contributed by atoms with Crippen LogP contribution in [0.1, 0.15) is 12.6 Å². The highest BCUT2D eigenvalue weighted by Crippen LogP contribution is 2.36. The molecule has 1 fully saturated rings. The van der Waals surface area contributed by atoms with Gasteiger partial charge in [-0.25, -0.2) is 4.79 Å². The molecule has 0 unspecified atom stereocenters. The second-order valence-corrected chi connectivity index (χ2v) is 5.94. The molecule has 0 aromatic carbocycles. The molecule has 0 radical (unpaired) electrons. The largest absolute Gasteiger partial charge is 0.446 e. The predicted octanol–water partition coefficient (Wildman–Crippen LogP) is 1.04. The molecule has 1 aliphatic heterocycles. The molecule has 0 bridgehead atoms. The molecular weight excluding hydrogens is 337 g/mol. The summed E-state index contributed by atoms with van der Waals surface area (Å²) >= 11 is 5.27. The highest BCUT2D eigenvalue weighted by molar-refractivity contribution is 8.00. The van der Waals surface area contributed by atoms with Crippen molar-refractivity contribution in [2.45, 2.75) is 34.5 Å². The molecule has 2 N–H and O–H groups in total. The third-order valence-corrected chi connectivity index (χ3v) is 4.01. The highest BCUT2D eigenvalue weighted by atomic mass is 35.5. The molecule has 1 aliphatic rings. The molecule has 6 nitrogen and oxygen atoms in total. The molecule has 2 rings (SSSR count). The first-order chi connectivity index (χ1) is 9.71. The van der Waals surface area contributed by atoms with Crippen molar-refractivity contribution in [3.05, 3.63) is 27.0 Å². The van der Waals surface area contributed by atoms with Gasteiger partial charge in [-0.1, -0.05) is 0 Å². The maximum atomic E-state index is 12.3. The van der Waals surface area contributed by atoms with Crippen LogP contribution in [0.4, 0.5) is 13.2 Å². The lowest BCUT2D eigenvalue weighted by Gasteiger charge is -2.15. The molecule has 21 heavy (non-hydrogen) atoms. The lowest BCUT2D eigenvalue weighted by atomic mass is 10.2. The van der Waals surface area contributed by atoms with Crippen LogP contribution in [0.15, 0.2) is 20.7 Å². The van der Waals surface area contributed by atoms with E-state index in [-0.39, 0.29) is 13.0 Å². The standard InChI is InChI=1S/C10H10ClF3N2O4S/c11-4-1-7(20-5(4)3-17)16-2-6(21-10(12,13)14)8(18)15-9(16)19/h2,4-5,7,17H,1,3H2,(H,15,18,19)/t4-,5+,7+/m0/s1. The molecule has 118 valence electrons. The summed E-state index contributed by atoms with van der Waals surface area (Å²) in [6.07, 6.45) is -0.766. The Labute approximate surface area is 124 Å². The number of ether oxygens (including phenoxy) is 1. The van der Waals surface area contributed by atoms with Crippen LogP contribution >= 0.6 is 23.4 Å². The zero-order valence-corrected chi connectivity index (χ0v) is 11.8. The van der Waals surface area contributed by atoms with E-state index < -0.39 is 51.1 Å². The van der Waals surface area contributed by atoms with Crippen LogP contribution in [0, 0.1) is 0 Å². The van der Waals surface area contributed by atoms with E-state index in [2.05, 4.69) is 0 Å². The summed E-state index contributed by atoms with van der Waals surface area (Å²) < 4.78 is 43.2. The molecule has 0 saturated carbocycles. The topological polar surface area (TPSA) is 84.3 Å². The Morgan fingerprint density at radius 3 is 2.71 bits per heavy atom. The summed E-state index contributed by atoms with van der Waals surface area (Å²) in [5.74, 6) is 0. The van der Waals surface area contributed by atoms with Gasteiger partial charge < -0.3 is 9.84 Å². The summed E-state index contributed by atoms with van der Waals surface area (Å²) in [6.45, 7) is -0.382. The summed E-state index contributed by atoms with van der Waals surface area (Å²) in [4.78, 5) is 24.2. The fourth-order valence-corrected chi connectivity index (χ4v) is 2.75. The smallest absolute Gasteiger partial charge is 0.394 e. The molecule has 2 heterocycles. The van der Waals surface area contributed by atoms with Gasteiger partial charge in [0.2, 0.25) is 0 Å². The van der Waals surface area contributed by atoms with E-state index in [0.717, 1.165) is 10.8 Å². The van der Waals surface area contributed by atoms with E-state index in [1.54, 1.807) is 4.98 Å². The molecule has 0 amide bonds. The van der Waals surface area contributed by atoms with Crippen molar-refractivity contribution >= 4 is 23.4 Å². The van der Waals surface area contributed by atoms with Gasteiger partial charge in [-0.3, -0.25) is 14.3 Å². The van der Waals surface area contributed by atoms with E-state index in [1.807, 2.05) is 0 Å². The SMILES string of the molecule is O=c1[nH]c(=O)n([C@H]2C[C@H](Cl)[C@@H](CO)O2)cc1SC(F)(F)F. The second kappa shape index (κ2) is 6.03. The molecule has 0 spiro atoms. The number of halogens is 4. The van der Waals surface area contributed by atoms with Crippen molar-refractivity contribution < 1.29 is 23.0 Å². The third kappa shape index (κ3) is 3.82.